The molecule has 28 heavy (non-hydrogen) atoms. The van der Waals surface area contributed by atoms with Gasteiger partial charge in [0.2, 0.25) is 5.91 Å². The van der Waals surface area contributed by atoms with E-state index in [0.29, 0.717) is 38.6 Å². The Balaban J connectivity index is 1.52. The van der Waals surface area contributed by atoms with Crippen molar-refractivity contribution in [3.63, 3.8) is 0 Å². The van der Waals surface area contributed by atoms with E-state index in [1.807, 2.05) is 35.8 Å². The molecule has 2 N–H and O–H groups in total. The maximum absolute atomic E-state index is 12.8. The summed E-state index contributed by atoms with van der Waals surface area (Å²) in [5, 5.41) is 0. The van der Waals surface area contributed by atoms with Crippen LogP contribution in [-0.2, 0) is 9.59 Å². The highest BCUT2D eigenvalue weighted by molar-refractivity contribution is 5.82. The van der Waals surface area contributed by atoms with Crippen molar-refractivity contribution in [2.75, 3.05) is 32.7 Å². The average Bonchev–Trinajstić information content (AvgIpc) is 3.18. The molecule has 1 aliphatic heterocycles. The van der Waals surface area contributed by atoms with Crippen molar-refractivity contribution in [3.8, 4) is 5.75 Å². The van der Waals surface area contributed by atoms with Crippen LogP contribution in [0.3, 0.4) is 0 Å². The summed E-state index contributed by atoms with van der Waals surface area (Å²) in [4.78, 5) is 29.3. The van der Waals surface area contributed by atoms with E-state index >= 15 is 0 Å². The van der Waals surface area contributed by atoms with Crippen molar-refractivity contribution in [2.24, 2.45) is 17.6 Å². The number of amides is 2. The molecule has 1 aliphatic carbocycles. The summed E-state index contributed by atoms with van der Waals surface area (Å²) >= 11 is 0. The lowest BCUT2D eigenvalue weighted by atomic mass is 9.94. The Labute approximate surface area is 168 Å². The number of carbonyl (C=O) groups is 2. The number of ether oxygens (including phenoxy) is 1. The van der Waals surface area contributed by atoms with Crippen LogP contribution in [0.1, 0.15) is 37.3 Å². The first kappa shape index (κ1) is 20.6. The van der Waals surface area contributed by atoms with E-state index in [1.165, 1.54) is 5.56 Å². The first-order valence-corrected chi connectivity index (χ1v) is 10.4. The Morgan fingerprint density at radius 3 is 2.46 bits per heavy atom. The van der Waals surface area contributed by atoms with Gasteiger partial charge in [0.15, 0.2) is 6.10 Å². The molecule has 0 radical (unpaired) electrons. The molecule has 2 aliphatic rings. The fourth-order valence-corrected chi connectivity index (χ4v) is 4.46. The lowest BCUT2D eigenvalue weighted by Crippen LogP contribution is -2.54. The van der Waals surface area contributed by atoms with E-state index in [4.69, 9.17) is 10.5 Å². The molecule has 0 bridgehead atoms. The number of benzene rings is 1. The van der Waals surface area contributed by atoms with Crippen molar-refractivity contribution >= 4 is 11.8 Å². The molecule has 1 unspecified atom stereocenters. The number of nitrogens with two attached hydrogens (primary N) is 1. The number of hydrogen-bond acceptors (Lipinski definition) is 4. The average molecular weight is 388 g/mol. The maximum Gasteiger partial charge on any atom is 0.263 e. The van der Waals surface area contributed by atoms with Gasteiger partial charge in [0.25, 0.3) is 5.91 Å². The zero-order valence-electron chi connectivity index (χ0n) is 17.3. The number of aryl methyl sites for hydroxylation is 2. The summed E-state index contributed by atoms with van der Waals surface area (Å²) < 4.78 is 5.91. The van der Waals surface area contributed by atoms with Crippen LogP contribution >= 0.6 is 0 Å². The third-order valence-corrected chi connectivity index (χ3v) is 6.16. The summed E-state index contributed by atoms with van der Waals surface area (Å²) in [7, 11) is 0. The van der Waals surface area contributed by atoms with Crippen molar-refractivity contribution in [3.05, 3.63) is 29.3 Å². The van der Waals surface area contributed by atoms with E-state index in [1.54, 1.807) is 6.92 Å². The fourth-order valence-electron chi connectivity index (χ4n) is 4.46. The minimum atomic E-state index is -0.542. The van der Waals surface area contributed by atoms with Gasteiger partial charge >= 0.3 is 0 Å². The van der Waals surface area contributed by atoms with Crippen molar-refractivity contribution in [1.29, 1.82) is 0 Å². The maximum atomic E-state index is 12.8. The first-order valence-electron chi connectivity index (χ1n) is 10.4. The van der Waals surface area contributed by atoms with Crippen molar-refractivity contribution < 1.29 is 14.3 Å². The lowest BCUT2D eigenvalue weighted by molar-refractivity contribution is -0.145. The van der Waals surface area contributed by atoms with Crippen LogP contribution in [0.4, 0.5) is 0 Å². The minimum absolute atomic E-state index is 0.0206. The molecule has 1 aromatic carbocycles. The van der Waals surface area contributed by atoms with Crippen LogP contribution in [0.5, 0.6) is 5.75 Å². The van der Waals surface area contributed by atoms with E-state index in [-0.39, 0.29) is 17.7 Å². The molecule has 1 aromatic rings. The molecule has 154 valence electrons. The lowest BCUT2D eigenvalue weighted by Gasteiger charge is -2.37. The number of rotatable bonds is 5. The van der Waals surface area contributed by atoms with Gasteiger partial charge in [-0.15, -0.1) is 0 Å². The summed E-state index contributed by atoms with van der Waals surface area (Å²) in [5.74, 6) is 1.33. The molecule has 6 nitrogen and oxygen atoms in total. The Hall–Kier alpha value is -2.08. The number of piperazine rings is 1. The highest BCUT2D eigenvalue weighted by atomic mass is 16.5. The van der Waals surface area contributed by atoms with Gasteiger partial charge < -0.3 is 20.3 Å². The summed E-state index contributed by atoms with van der Waals surface area (Å²) in [6, 6.07) is 5.95. The van der Waals surface area contributed by atoms with Gasteiger partial charge in [-0.2, -0.15) is 0 Å². The largest absolute Gasteiger partial charge is 0.481 e. The summed E-state index contributed by atoms with van der Waals surface area (Å²) in [6.07, 6.45) is 2.55. The molecule has 2 amide bonds. The van der Waals surface area contributed by atoms with E-state index in [9.17, 15) is 9.59 Å². The first-order chi connectivity index (χ1) is 13.4. The molecule has 6 heteroatoms. The predicted molar refractivity (Wildman–Crippen MR) is 109 cm³/mol. The van der Waals surface area contributed by atoms with Gasteiger partial charge in [-0.05, 0) is 57.7 Å². The van der Waals surface area contributed by atoms with Crippen molar-refractivity contribution in [1.82, 2.24) is 9.80 Å². The van der Waals surface area contributed by atoms with Gasteiger partial charge in [0.1, 0.15) is 5.75 Å². The molecule has 0 spiro atoms. The van der Waals surface area contributed by atoms with E-state index in [2.05, 4.69) is 6.07 Å². The highest BCUT2D eigenvalue weighted by Crippen LogP contribution is 2.32. The van der Waals surface area contributed by atoms with Crippen molar-refractivity contribution in [2.45, 2.75) is 46.1 Å². The molecule has 1 saturated carbocycles. The number of carbonyl (C=O) groups excluding carboxylic acids is 2. The van der Waals surface area contributed by atoms with Gasteiger partial charge in [-0.3, -0.25) is 9.59 Å². The SMILES string of the molecule is Cc1ccc(OC(C)C(=O)N2CCN(C(=O)[C@@H]3CCC[C@@H]3CN)CC2)c(C)c1. The smallest absolute Gasteiger partial charge is 0.263 e. The standard InChI is InChI=1S/C22H33N3O3/c1-15-7-8-20(16(2)13-15)28-17(3)21(26)24-9-11-25(12-10-24)22(27)19-6-4-5-18(19)14-23/h7-8,13,17-19H,4-6,9-12,14,23H2,1-3H3/t17?,18-,19-/m1/s1. The molecule has 1 heterocycles. The van der Waals surface area contributed by atoms with Crippen LogP contribution in [0.25, 0.3) is 0 Å². The zero-order chi connectivity index (χ0) is 20.3. The number of nitrogens with zero attached hydrogens (tertiary/aromatic N) is 2. The monoisotopic (exact) mass is 387 g/mol. The molecule has 2 fully saturated rings. The summed E-state index contributed by atoms with van der Waals surface area (Å²) in [6.45, 7) is 8.71. The minimum Gasteiger partial charge on any atom is -0.481 e. The molecule has 0 aromatic heterocycles. The highest BCUT2D eigenvalue weighted by Gasteiger charge is 2.36. The second-order valence-electron chi connectivity index (χ2n) is 8.21. The Morgan fingerprint density at radius 1 is 1.14 bits per heavy atom. The molecule has 3 atom stereocenters. The third-order valence-electron chi connectivity index (χ3n) is 6.16. The zero-order valence-corrected chi connectivity index (χ0v) is 17.3. The molecule has 3 rings (SSSR count). The third kappa shape index (κ3) is 4.49. The normalized spacial score (nSPS) is 23.6. The van der Waals surface area contributed by atoms with Gasteiger partial charge in [0.05, 0.1) is 0 Å². The second-order valence-corrected chi connectivity index (χ2v) is 8.21. The molecule has 1 saturated heterocycles. The van der Waals surface area contributed by atoms with Crippen LogP contribution < -0.4 is 10.5 Å². The van der Waals surface area contributed by atoms with Crippen LogP contribution in [0, 0.1) is 25.7 Å². The van der Waals surface area contributed by atoms with E-state index < -0.39 is 6.10 Å². The second kappa shape index (κ2) is 8.95. The quantitative estimate of drug-likeness (QED) is 0.840. The molecular weight excluding hydrogens is 354 g/mol. The Kier molecular flexibility index (Phi) is 6.60. The topological polar surface area (TPSA) is 75.9 Å². The van der Waals surface area contributed by atoms with Gasteiger partial charge in [-0.1, -0.05) is 24.1 Å². The predicted octanol–water partition coefficient (Wildman–Crippen LogP) is 2.12. The fraction of sp³-hybridized carbons (Fsp3) is 0.636. The van der Waals surface area contributed by atoms with Gasteiger partial charge in [-0.25, -0.2) is 0 Å². The van der Waals surface area contributed by atoms with Gasteiger partial charge in [0, 0.05) is 32.1 Å². The van der Waals surface area contributed by atoms with Crippen LogP contribution in [0.2, 0.25) is 0 Å². The van der Waals surface area contributed by atoms with E-state index in [0.717, 1.165) is 30.6 Å². The Bertz CT molecular complexity index is 713. The van der Waals surface area contributed by atoms with Crippen LogP contribution in [0.15, 0.2) is 18.2 Å². The number of hydrogen-bond donors (Lipinski definition) is 1. The summed E-state index contributed by atoms with van der Waals surface area (Å²) in [5.41, 5.74) is 8.03. The van der Waals surface area contributed by atoms with Crippen LogP contribution in [-0.4, -0.2) is 60.4 Å². The molecular formula is C22H33N3O3. The Morgan fingerprint density at radius 2 is 1.82 bits per heavy atom.